The minimum atomic E-state index is 0.00789. The average Bonchev–Trinajstić information content (AvgIpc) is 2.64. The van der Waals surface area contributed by atoms with Gasteiger partial charge in [-0.05, 0) is 31.2 Å². The molecule has 1 aliphatic rings. The highest BCUT2D eigenvalue weighted by Crippen LogP contribution is 2.17. The lowest BCUT2D eigenvalue weighted by atomic mass is 10.1. The van der Waals surface area contributed by atoms with E-state index in [1.54, 1.807) is 18.6 Å². The molecule has 1 amide bonds. The molecule has 0 spiro atoms. The van der Waals surface area contributed by atoms with Crippen LogP contribution in [0.5, 0.6) is 5.88 Å². The predicted molar refractivity (Wildman–Crippen MR) is 91.6 cm³/mol. The number of carbonyl (C=O) groups excluding carboxylic acids is 1. The molecule has 5 nitrogen and oxygen atoms in total. The molecule has 2 aromatic rings. The Bertz CT molecular complexity index is 634. The van der Waals surface area contributed by atoms with Crippen LogP contribution < -0.4 is 4.74 Å². The van der Waals surface area contributed by atoms with Crippen molar-refractivity contribution in [1.29, 1.82) is 0 Å². The smallest absolute Gasteiger partial charge is 0.232 e. The SMILES string of the molecule is O=C(CCCc1ccccc1)N1CCC[C@@H](Oc2cnccn2)C1. The van der Waals surface area contributed by atoms with Crippen molar-refractivity contribution in [2.45, 2.75) is 38.2 Å². The number of benzene rings is 1. The Kier molecular flexibility index (Phi) is 5.77. The molecule has 126 valence electrons. The van der Waals surface area contributed by atoms with Gasteiger partial charge in [0.1, 0.15) is 6.10 Å². The molecule has 3 rings (SSSR count). The van der Waals surface area contributed by atoms with E-state index >= 15 is 0 Å². The number of rotatable bonds is 6. The normalized spacial score (nSPS) is 17.5. The summed E-state index contributed by atoms with van der Waals surface area (Å²) in [5.74, 6) is 0.749. The quantitative estimate of drug-likeness (QED) is 0.819. The molecule has 1 aromatic heterocycles. The van der Waals surface area contributed by atoms with Gasteiger partial charge in [0.05, 0.1) is 12.7 Å². The van der Waals surface area contributed by atoms with Crippen molar-refractivity contribution in [1.82, 2.24) is 14.9 Å². The molecule has 1 aliphatic heterocycles. The summed E-state index contributed by atoms with van der Waals surface area (Å²) in [5, 5.41) is 0. The lowest BCUT2D eigenvalue weighted by Gasteiger charge is -2.32. The molecule has 1 fully saturated rings. The van der Waals surface area contributed by atoms with Gasteiger partial charge >= 0.3 is 0 Å². The molecule has 24 heavy (non-hydrogen) atoms. The number of hydrogen-bond acceptors (Lipinski definition) is 4. The molecule has 0 aliphatic carbocycles. The second-order valence-electron chi connectivity index (χ2n) is 6.10. The molecular weight excluding hydrogens is 302 g/mol. The van der Waals surface area contributed by atoms with Gasteiger partial charge in [0.2, 0.25) is 11.8 Å². The molecule has 5 heteroatoms. The summed E-state index contributed by atoms with van der Waals surface area (Å²) in [6.07, 6.45) is 9.19. The summed E-state index contributed by atoms with van der Waals surface area (Å²) < 4.78 is 5.84. The number of likely N-dealkylation sites (tertiary alicyclic amines) is 1. The van der Waals surface area contributed by atoms with Crippen molar-refractivity contribution < 1.29 is 9.53 Å². The first-order chi connectivity index (χ1) is 11.8. The Morgan fingerprint density at radius 2 is 2.12 bits per heavy atom. The lowest BCUT2D eigenvalue weighted by Crippen LogP contribution is -2.44. The second kappa shape index (κ2) is 8.43. The monoisotopic (exact) mass is 325 g/mol. The zero-order valence-corrected chi connectivity index (χ0v) is 13.8. The molecule has 0 bridgehead atoms. The molecule has 0 unspecified atom stereocenters. The van der Waals surface area contributed by atoms with Crippen molar-refractivity contribution >= 4 is 5.91 Å². The Morgan fingerprint density at radius 1 is 1.25 bits per heavy atom. The number of nitrogens with zero attached hydrogens (tertiary/aromatic N) is 3. The first-order valence-electron chi connectivity index (χ1n) is 8.55. The van der Waals surface area contributed by atoms with Crippen LogP contribution in [-0.4, -0.2) is 40.0 Å². The lowest BCUT2D eigenvalue weighted by molar-refractivity contribution is -0.133. The van der Waals surface area contributed by atoms with E-state index in [4.69, 9.17) is 4.74 Å². The maximum Gasteiger partial charge on any atom is 0.232 e. The van der Waals surface area contributed by atoms with Crippen LogP contribution in [0.25, 0.3) is 0 Å². The fourth-order valence-corrected chi connectivity index (χ4v) is 3.02. The van der Waals surface area contributed by atoms with E-state index in [0.717, 1.165) is 32.2 Å². The third-order valence-corrected chi connectivity index (χ3v) is 4.26. The minimum absolute atomic E-state index is 0.00789. The van der Waals surface area contributed by atoms with Gasteiger partial charge in [0, 0.05) is 25.4 Å². The van der Waals surface area contributed by atoms with Crippen molar-refractivity contribution in [2.75, 3.05) is 13.1 Å². The molecule has 0 N–H and O–H groups in total. The van der Waals surface area contributed by atoms with Crippen LogP contribution in [0.1, 0.15) is 31.2 Å². The molecule has 0 saturated carbocycles. The number of hydrogen-bond donors (Lipinski definition) is 0. The van der Waals surface area contributed by atoms with Crippen molar-refractivity contribution in [3.8, 4) is 5.88 Å². The number of ether oxygens (including phenoxy) is 1. The summed E-state index contributed by atoms with van der Waals surface area (Å²) in [6, 6.07) is 10.3. The van der Waals surface area contributed by atoms with Crippen molar-refractivity contribution in [3.05, 3.63) is 54.5 Å². The summed E-state index contributed by atoms with van der Waals surface area (Å²) >= 11 is 0. The summed E-state index contributed by atoms with van der Waals surface area (Å²) in [7, 11) is 0. The molecule has 1 atom stereocenters. The molecule has 1 saturated heterocycles. The van der Waals surface area contributed by atoms with Gasteiger partial charge < -0.3 is 9.64 Å². The number of piperidine rings is 1. The Hall–Kier alpha value is -2.43. The van der Waals surface area contributed by atoms with Crippen molar-refractivity contribution in [2.24, 2.45) is 0 Å². The maximum atomic E-state index is 12.4. The maximum absolute atomic E-state index is 12.4. The van der Waals surface area contributed by atoms with Crippen molar-refractivity contribution in [3.63, 3.8) is 0 Å². The molecule has 0 radical (unpaired) electrons. The highest BCUT2D eigenvalue weighted by atomic mass is 16.5. The van der Waals surface area contributed by atoms with Crippen LogP contribution in [-0.2, 0) is 11.2 Å². The third-order valence-electron chi connectivity index (χ3n) is 4.26. The van der Waals surface area contributed by atoms with Gasteiger partial charge in [0.15, 0.2) is 0 Å². The second-order valence-corrected chi connectivity index (χ2v) is 6.10. The zero-order valence-electron chi connectivity index (χ0n) is 13.8. The fourth-order valence-electron chi connectivity index (χ4n) is 3.02. The van der Waals surface area contributed by atoms with Gasteiger partial charge in [-0.15, -0.1) is 0 Å². The van der Waals surface area contributed by atoms with Gasteiger partial charge in [-0.1, -0.05) is 30.3 Å². The number of amides is 1. The number of aromatic nitrogens is 2. The van der Waals surface area contributed by atoms with E-state index < -0.39 is 0 Å². The summed E-state index contributed by atoms with van der Waals surface area (Å²) in [6.45, 7) is 1.46. The third kappa shape index (κ3) is 4.78. The first-order valence-corrected chi connectivity index (χ1v) is 8.55. The molecule has 2 heterocycles. The number of aryl methyl sites for hydroxylation is 1. The zero-order chi connectivity index (χ0) is 16.6. The van der Waals surface area contributed by atoms with Crippen LogP contribution in [0.3, 0.4) is 0 Å². The number of carbonyl (C=O) groups is 1. The largest absolute Gasteiger partial charge is 0.471 e. The van der Waals surface area contributed by atoms with Gasteiger partial charge in [-0.3, -0.25) is 9.78 Å². The van der Waals surface area contributed by atoms with Crippen LogP contribution in [0.4, 0.5) is 0 Å². The van der Waals surface area contributed by atoms with E-state index in [-0.39, 0.29) is 12.0 Å². The fraction of sp³-hybridized carbons (Fsp3) is 0.421. The summed E-state index contributed by atoms with van der Waals surface area (Å²) in [5.41, 5.74) is 1.29. The Balaban J connectivity index is 1.44. The van der Waals surface area contributed by atoms with Crippen LogP contribution in [0.2, 0.25) is 0 Å². The van der Waals surface area contributed by atoms with Gasteiger partial charge in [0.25, 0.3) is 0 Å². The van der Waals surface area contributed by atoms with E-state index in [0.29, 0.717) is 18.8 Å². The van der Waals surface area contributed by atoms with E-state index in [1.165, 1.54) is 5.56 Å². The minimum Gasteiger partial charge on any atom is -0.471 e. The first kappa shape index (κ1) is 16.4. The van der Waals surface area contributed by atoms with Crippen LogP contribution in [0.15, 0.2) is 48.9 Å². The van der Waals surface area contributed by atoms with E-state index in [9.17, 15) is 4.79 Å². The van der Waals surface area contributed by atoms with Gasteiger partial charge in [-0.25, -0.2) is 4.98 Å². The van der Waals surface area contributed by atoms with Crippen LogP contribution in [0, 0.1) is 0 Å². The highest BCUT2D eigenvalue weighted by molar-refractivity contribution is 5.76. The molecule has 1 aromatic carbocycles. The predicted octanol–water partition coefficient (Wildman–Crippen LogP) is 2.87. The standard InChI is InChI=1S/C19H23N3O2/c23-19(10-4-8-16-6-2-1-3-7-16)22-13-5-9-17(15-22)24-18-14-20-11-12-21-18/h1-3,6-7,11-12,14,17H,4-5,8-10,13,15H2/t17-/m1/s1. The van der Waals surface area contributed by atoms with E-state index in [2.05, 4.69) is 22.1 Å². The van der Waals surface area contributed by atoms with Gasteiger partial charge in [-0.2, -0.15) is 0 Å². The summed E-state index contributed by atoms with van der Waals surface area (Å²) in [4.78, 5) is 22.5. The topological polar surface area (TPSA) is 55.3 Å². The van der Waals surface area contributed by atoms with E-state index in [1.807, 2.05) is 23.1 Å². The Morgan fingerprint density at radius 3 is 2.92 bits per heavy atom. The Labute approximate surface area is 142 Å². The highest BCUT2D eigenvalue weighted by Gasteiger charge is 2.24. The molecular formula is C19H23N3O2. The average molecular weight is 325 g/mol. The van der Waals surface area contributed by atoms with Crippen LogP contribution >= 0.6 is 0 Å².